The van der Waals surface area contributed by atoms with Gasteiger partial charge >= 0.3 is 9.28 Å². The van der Waals surface area contributed by atoms with Crippen molar-refractivity contribution in [3.63, 3.8) is 0 Å². The Morgan fingerprint density at radius 3 is 2.18 bits per heavy atom. The predicted octanol–water partition coefficient (Wildman–Crippen LogP) is 0.195. The van der Waals surface area contributed by atoms with Gasteiger partial charge in [0.25, 0.3) is 0 Å². The molecule has 0 aromatic rings. The number of nitrogens with zero attached hydrogens (tertiary/aromatic N) is 1. The van der Waals surface area contributed by atoms with E-state index in [1.165, 1.54) is 0 Å². The van der Waals surface area contributed by atoms with E-state index in [2.05, 4.69) is 25.0 Å². The third kappa shape index (κ3) is 6.49. The summed E-state index contributed by atoms with van der Waals surface area (Å²) in [6, 6.07) is 2.15. The van der Waals surface area contributed by atoms with Gasteiger partial charge in [-0.2, -0.15) is 0 Å². The maximum atomic E-state index is 5.12. The van der Waals surface area contributed by atoms with Gasteiger partial charge in [0.05, 0.1) is 0 Å². The highest BCUT2D eigenvalue weighted by Gasteiger charge is 2.08. The van der Waals surface area contributed by atoms with Crippen molar-refractivity contribution in [2.24, 2.45) is 0 Å². The second-order valence-corrected chi connectivity index (χ2v) is 4.82. The SMILES string of the molecule is CO[SiH]([CH]CCN(C)C)OC. The van der Waals surface area contributed by atoms with Crippen LogP contribution in [0.2, 0.25) is 0 Å². The minimum Gasteiger partial charge on any atom is -0.400 e. The Balaban J connectivity index is 3.21. The first-order valence-corrected chi connectivity index (χ1v) is 5.35. The molecule has 0 aliphatic carbocycles. The second-order valence-electron chi connectivity index (χ2n) is 2.67. The van der Waals surface area contributed by atoms with Gasteiger partial charge in [-0.15, -0.1) is 0 Å². The summed E-state index contributed by atoms with van der Waals surface area (Å²) < 4.78 is 10.2. The maximum absolute atomic E-state index is 5.12. The third-order valence-electron chi connectivity index (χ3n) is 1.40. The third-order valence-corrected chi connectivity index (χ3v) is 3.05. The summed E-state index contributed by atoms with van der Waals surface area (Å²) in [5, 5.41) is 0. The second kappa shape index (κ2) is 6.79. The molecule has 0 bridgehead atoms. The molecule has 0 spiro atoms. The largest absolute Gasteiger partial charge is 0.400 e. The zero-order valence-corrected chi connectivity index (χ0v) is 8.99. The number of hydrogen-bond donors (Lipinski definition) is 0. The molecule has 0 unspecified atom stereocenters. The molecule has 0 N–H and O–H groups in total. The summed E-state index contributed by atoms with van der Waals surface area (Å²) >= 11 is 0. The first-order valence-electron chi connectivity index (χ1n) is 3.74. The van der Waals surface area contributed by atoms with Crippen molar-refractivity contribution in [2.45, 2.75) is 6.42 Å². The molecule has 0 aliphatic rings. The van der Waals surface area contributed by atoms with E-state index in [1.54, 1.807) is 14.2 Å². The zero-order chi connectivity index (χ0) is 8.69. The summed E-state index contributed by atoms with van der Waals surface area (Å²) in [6.07, 6.45) is 1.05. The standard InChI is InChI=1S/C7H18NO2Si/c1-8(2)6-5-7-11(9-3)10-4/h7,11H,5-6H2,1-4H3. The molecule has 0 amide bonds. The molecule has 67 valence electrons. The van der Waals surface area contributed by atoms with Crippen LogP contribution in [0.15, 0.2) is 0 Å². The molecule has 0 heterocycles. The van der Waals surface area contributed by atoms with Gasteiger partial charge < -0.3 is 13.8 Å². The Kier molecular flexibility index (Phi) is 6.85. The first-order chi connectivity index (χ1) is 5.20. The fourth-order valence-corrected chi connectivity index (χ4v) is 1.76. The van der Waals surface area contributed by atoms with Gasteiger partial charge in [-0.05, 0) is 27.1 Å². The molecule has 0 aromatic carbocycles. The van der Waals surface area contributed by atoms with E-state index < -0.39 is 9.28 Å². The van der Waals surface area contributed by atoms with Crippen LogP contribution >= 0.6 is 0 Å². The van der Waals surface area contributed by atoms with Gasteiger partial charge in [0, 0.05) is 20.3 Å². The minimum absolute atomic E-state index is 1.05. The van der Waals surface area contributed by atoms with E-state index in [0.717, 1.165) is 13.0 Å². The Labute approximate surface area is 71.1 Å². The fourth-order valence-electron chi connectivity index (χ4n) is 0.757. The van der Waals surface area contributed by atoms with Crippen LogP contribution < -0.4 is 0 Å². The molecule has 3 nitrogen and oxygen atoms in total. The highest BCUT2D eigenvalue weighted by Crippen LogP contribution is 1.96. The molecule has 0 rings (SSSR count). The van der Waals surface area contributed by atoms with Gasteiger partial charge in [0.1, 0.15) is 0 Å². The molecule has 4 heteroatoms. The molecule has 0 aromatic heterocycles. The molecule has 0 saturated carbocycles. The van der Waals surface area contributed by atoms with Crippen molar-refractivity contribution in [2.75, 3.05) is 34.9 Å². The van der Waals surface area contributed by atoms with Crippen LogP contribution in [0, 0.1) is 6.04 Å². The Hall–Kier alpha value is 0.0969. The Morgan fingerprint density at radius 1 is 1.27 bits per heavy atom. The van der Waals surface area contributed by atoms with Crippen LogP contribution in [0.25, 0.3) is 0 Å². The summed E-state index contributed by atoms with van der Waals surface area (Å²) in [5.74, 6) is 0. The van der Waals surface area contributed by atoms with E-state index in [1.807, 2.05) is 0 Å². The van der Waals surface area contributed by atoms with E-state index in [0.29, 0.717) is 0 Å². The molecule has 0 fully saturated rings. The smallest absolute Gasteiger partial charge is 0.324 e. The summed E-state index contributed by atoms with van der Waals surface area (Å²) in [5.41, 5.74) is 0. The maximum Gasteiger partial charge on any atom is 0.324 e. The van der Waals surface area contributed by atoms with Gasteiger partial charge in [0.2, 0.25) is 0 Å². The van der Waals surface area contributed by atoms with E-state index in [9.17, 15) is 0 Å². The van der Waals surface area contributed by atoms with Gasteiger partial charge in [-0.1, -0.05) is 0 Å². The van der Waals surface area contributed by atoms with Crippen LogP contribution in [0.3, 0.4) is 0 Å². The average molecular weight is 176 g/mol. The molecular formula is C7H18NO2Si. The van der Waals surface area contributed by atoms with E-state index >= 15 is 0 Å². The van der Waals surface area contributed by atoms with Crippen LogP contribution in [0.1, 0.15) is 6.42 Å². The zero-order valence-electron chi connectivity index (χ0n) is 7.83. The molecule has 11 heavy (non-hydrogen) atoms. The molecule has 0 saturated heterocycles. The highest BCUT2D eigenvalue weighted by atomic mass is 28.3. The van der Waals surface area contributed by atoms with Crippen LogP contribution in [-0.2, 0) is 8.85 Å². The van der Waals surface area contributed by atoms with Crippen molar-refractivity contribution in [1.82, 2.24) is 4.90 Å². The summed E-state index contributed by atoms with van der Waals surface area (Å²) in [7, 11) is 6.12. The van der Waals surface area contributed by atoms with Crippen LogP contribution in [0.4, 0.5) is 0 Å². The van der Waals surface area contributed by atoms with Gasteiger partial charge in [0.15, 0.2) is 0 Å². The van der Waals surface area contributed by atoms with Crippen molar-refractivity contribution in [3.05, 3.63) is 6.04 Å². The summed E-state index contributed by atoms with van der Waals surface area (Å²) in [4.78, 5) is 2.15. The van der Waals surface area contributed by atoms with E-state index in [-0.39, 0.29) is 0 Å². The van der Waals surface area contributed by atoms with Crippen molar-refractivity contribution >= 4 is 9.28 Å². The Morgan fingerprint density at radius 2 is 1.82 bits per heavy atom. The lowest BCUT2D eigenvalue weighted by atomic mass is 10.5. The van der Waals surface area contributed by atoms with Crippen molar-refractivity contribution < 1.29 is 8.85 Å². The monoisotopic (exact) mass is 176 g/mol. The average Bonchev–Trinajstić information content (AvgIpc) is 1.98. The van der Waals surface area contributed by atoms with Crippen LogP contribution in [0.5, 0.6) is 0 Å². The van der Waals surface area contributed by atoms with Crippen molar-refractivity contribution in [3.8, 4) is 0 Å². The van der Waals surface area contributed by atoms with E-state index in [4.69, 9.17) is 8.85 Å². The molecule has 0 aliphatic heterocycles. The first kappa shape index (κ1) is 11.1. The predicted molar refractivity (Wildman–Crippen MR) is 48.6 cm³/mol. The molecule has 1 radical (unpaired) electrons. The van der Waals surface area contributed by atoms with Gasteiger partial charge in [-0.25, -0.2) is 0 Å². The normalized spacial score (nSPS) is 11.5. The quantitative estimate of drug-likeness (QED) is 0.540. The molecule has 0 atom stereocenters. The minimum atomic E-state index is -1.40. The lowest BCUT2D eigenvalue weighted by Crippen LogP contribution is -2.23. The number of hydrogen-bond acceptors (Lipinski definition) is 3. The van der Waals surface area contributed by atoms with Crippen molar-refractivity contribution in [1.29, 1.82) is 0 Å². The topological polar surface area (TPSA) is 21.7 Å². The summed E-state index contributed by atoms with van der Waals surface area (Å²) in [6.45, 7) is 1.07. The molecular weight excluding hydrogens is 158 g/mol. The Bertz CT molecular complexity index is 86.5. The highest BCUT2D eigenvalue weighted by molar-refractivity contribution is 6.48. The number of rotatable bonds is 6. The lowest BCUT2D eigenvalue weighted by molar-refractivity contribution is 0.283. The van der Waals surface area contributed by atoms with Crippen LogP contribution in [-0.4, -0.2) is 49.0 Å². The lowest BCUT2D eigenvalue weighted by Gasteiger charge is -2.12. The van der Waals surface area contributed by atoms with Gasteiger partial charge in [-0.3, -0.25) is 0 Å². The fraction of sp³-hybridized carbons (Fsp3) is 0.857.